The van der Waals surface area contributed by atoms with Gasteiger partial charge in [-0.1, -0.05) is 17.7 Å². The molecule has 0 amide bonds. The van der Waals surface area contributed by atoms with Gasteiger partial charge in [-0.25, -0.2) is 4.68 Å². The Morgan fingerprint density at radius 1 is 1.37 bits per heavy atom. The number of benzene rings is 1. The molecule has 4 nitrogen and oxygen atoms in total. The Labute approximate surface area is 118 Å². The van der Waals surface area contributed by atoms with Gasteiger partial charge in [0, 0.05) is 26.4 Å². The Morgan fingerprint density at radius 2 is 2.21 bits per heavy atom. The highest BCUT2D eigenvalue weighted by Gasteiger charge is 2.05. The molecule has 0 unspecified atom stereocenters. The van der Waals surface area contributed by atoms with Gasteiger partial charge in [-0.2, -0.15) is 5.10 Å². The highest BCUT2D eigenvalue weighted by atomic mass is 35.5. The van der Waals surface area contributed by atoms with E-state index in [2.05, 4.69) is 10.4 Å². The number of methoxy groups -OCH3 is 1. The fourth-order valence-corrected chi connectivity index (χ4v) is 1.98. The van der Waals surface area contributed by atoms with Crippen LogP contribution < -0.4 is 5.32 Å². The minimum absolute atomic E-state index is 0.699. The summed E-state index contributed by atoms with van der Waals surface area (Å²) in [5.74, 6) is 0. The van der Waals surface area contributed by atoms with Crippen molar-refractivity contribution in [3.63, 3.8) is 0 Å². The Kier molecular flexibility index (Phi) is 4.96. The van der Waals surface area contributed by atoms with Crippen LogP contribution in [0.15, 0.2) is 30.5 Å². The van der Waals surface area contributed by atoms with Gasteiger partial charge in [-0.05, 0) is 30.7 Å². The zero-order chi connectivity index (χ0) is 13.7. The van der Waals surface area contributed by atoms with Crippen LogP contribution in [0.2, 0.25) is 5.02 Å². The maximum Gasteiger partial charge on any atom is 0.0834 e. The number of nitrogens with one attached hydrogen (secondary N) is 1. The van der Waals surface area contributed by atoms with Gasteiger partial charge in [0.25, 0.3) is 0 Å². The number of hydrogen-bond acceptors (Lipinski definition) is 3. The lowest BCUT2D eigenvalue weighted by Crippen LogP contribution is -2.18. The first kappa shape index (κ1) is 14.1. The number of ether oxygens (including phenoxy) is 1. The van der Waals surface area contributed by atoms with Crippen molar-refractivity contribution in [1.29, 1.82) is 0 Å². The summed E-state index contributed by atoms with van der Waals surface area (Å²) < 4.78 is 6.79. The average Bonchev–Trinajstić information content (AvgIpc) is 2.86. The smallest absolute Gasteiger partial charge is 0.0834 e. The highest BCUT2D eigenvalue weighted by molar-refractivity contribution is 6.32. The van der Waals surface area contributed by atoms with Crippen LogP contribution in [-0.2, 0) is 11.3 Å². The summed E-state index contributed by atoms with van der Waals surface area (Å²) in [6.07, 6.45) is 1.92. The van der Waals surface area contributed by atoms with Crippen molar-refractivity contribution in [1.82, 2.24) is 15.1 Å². The summed E-state index contributed by atoms with van der Waals surface area (Å²) >= 11 is 6.19. The molecule has 2 aromatic rings. The van der Waals surface area contributed by atoms with Crippen LogP contribution in [0, 0.1) is 6.92 Å². The van der Waals surface area contributed by atoms with E-state index < -0.39 is 0 Å². The van der Waals surface area contributed by atoms with E-state index in [-0.39, 0.29) is 0 Å². The van der Waals surface area contributed by atoms with E-state index in [0.717, 1.165) is 30.0 Å². The van der Waals surface area contributed by atoms with Crippen LogP contribution in [0.5, 0.6) is 0 Å². The van der Waals surface area contributed by atoms with E-state index in [0.29, 0.717) is 11.6 Å². The molecule has 0 spiro atoms. The minimum Gasteiger partial charge on any atom is -0.383 e. The number of halogens is 1. The van der Waals surface area contributed by atoms with Crippen LogP contribution in [0.3, 0.4) is 0 Å². The molecule has 0 fully saturated rings. The van der Waals surface area contributed by atoms with Gasteiger partial charge < -0.3 is 10.1 Å². The molecule has 0 radical (unpaired) electrons. The first-order valence-electron chi connectivity index (χ1n) is 6.21. The van der Waals surface area contributed by atoms with Crippen molar-refractivity contribution in [2.75, 3.05) is 20.3 Å². The topological polar surface area (TPSA) is 39.1 Å². The fraction of sp³-hybridized carbons (Fsp3) is 0.357. The predicted molar refractivity (Wildman–Crippen MR) is 76.9 cm³/mol. The van der Waals surface area contributed by atoms with Crippen LogP contribution in [-0.4, -0.2) is 30.0 Å². The molecule has 0 aliphatic rings. The van der Waals surface area contributed by atoms with Crippen LogP contribution >= 0.6 is 11.6 Å². The molecule has 0 aliphatic carbocycles. The van der Waals surface area contributed by atoms with E-state index >= 15 is 0 Å². The van der Waals surface area contributed by atoms with Crippen LogP contribution in [0.1, 0.15) is 11.3 Å². The summed E-state index contributed by atoms with van der Waals surface area (Å²) in [6, 6.07) is 7.89. The van der Waals surface area contributed by atoms with E-state index in [9.17, 15) is 0 Å². The lowest BCUT2D eigenvalue weighted by atomic mass is 10.2. The van der Waals surface area contributed by atoms with Gasteiger partial charge in [0.1, 0.15) is 0 Å². The fourth-order valence-electron chi connectivity index (χ4n) is 1.78. The third kappa shape index (κ3) is 3.80. The summed E-state index contributed by atoms with van der Waals surface area (Å²) in [6.45, 7) is 4.27. The predicted octanol–water partition coefficient (Wildman–Crippen LogP) is 2.57. The molecule has 102 valence electrons. The quantitative estimate of drug-likeness (QED) is 0.826. The second kappa shape index (κ2) is 6.70. The molecule has 1 heterocycles. The third-order valence-corrected chi connectivity index (χ3v) is 3.10. The molecule has 0 aliphatic heterocycles. The second-order valence-corrected chi connectivity index (χ2v) is 4.78. The first-order valence-corrected chi connectivity index (χ1v) is 6.59. The average molecular weight is 280 g/mol. The Hall–Kier alpha value is -1.36. The Balaban J connectivity index is 2.06. The van der Waals surface area contributed by atoms with E-state index in [1.54, 1.807) is 7.11 Å². The molecule has 1 aromatic heterocycles. The molecule has 1 aromatic carbocycles. The van der Waals surface area contributed by atoms with Gasteiger partial charge in [-0.15, -0.1) is 0 Å². The lowest BCUT2D eigenvalue weighted by molar-refractivity contribution is 0.199. The highest BCUT2D eigenvalue weighted by Crippen LogP contribution is 2.21. The molecule has 0 bridgehead atoms. The van der Waals surface area contributed by atoms with Crippen molar-refractivity contribution < 1.29 is 4.74 Å². The van der Waals surface area contributed by atoms with Crippen molar-refractivity contribution in [2.24, 2.45) is 0 Å². The van der Waals surface area contributed by atoms with E-state index in [1.807, 2.05) is 42.1 Å². The molecular weight excluding hydrogens is 262 g/mol. The van der Waals surface area contributed by atoms with Crippen molar-refractivity contribution in [3.05, 3.63) is 46.7 Å². The molecule has 0 atom stereocenters. The molecule has 0 saturated carbocycles. The van der Waals surface area contributed by atoms with Crippen molar-refractivity contribution >= 4 is 11.6 Å². The first-order chi connectivity index (χ1) is 9.20. The maximum atomic E-state index is 6.19. The molecular formula is C14H18ClN3O. The molecule has 2 rings (SSSR count). The van der Waals surface area contributed by atoms with Crippen LogP contribution in [0.4, 0.5) is 0 Å². The normalized spacial score (nSPS) is 10.9. The van der Waals surface area contributed by atoms with Crippen LogP contribution in [0.25, 0.3) is 5.69 Å². The van der Waals surface area contributed by atoms with Gasteiger partial charge in [-0.3, -0.25) is 0 Å². The Morgan fingerprint density at radius 3 is 3.00 bits per heavy atom. The summed E-state index contributed by atoms with van der Waals surface area (Å²) in [7, 11) is 1.69. The van der Waals surface area contributed by atoms with Gasteiger partial charge in [0.15, 0.2) is 0 Å². The minimum atomic E-state index is 0.699. The molecule has 19 heavy (non-hydrogen) atoms. The second-order valence-electron chi connectivity index (χ2n) is 4.38. The third-order valence-electron chi connectivity index (χ3n) is 2.78. The molecule has 5 heteroatoms. The molecule has 1 N–H and O–H groups in total. The number of rotatable bonds is 6. The standard InChI is InChI=1S/C14H18ClN3O/c1-11-3-4-13(15)14(9-11)18-7-5-12(17-18)10-16-6-8-19-2/h3-5,7,9,16H,6,8,10H2,1-2H3. The van der Waals surface area contributed by atoms with E-state index in [4.69, 9.17) is 16.3 Å². The summed E-state index contributed by atoms with van der Waals surface area (Å²) in [5, 5.41) is 8.47. The summed E-state index contributed by atoms with van der Waals surface area (Å²) in [4.78, 5) is 0. The summed E-state index contributed by atoms with van der Waals surface area (Å²) in [5.41, 5.74) is 3.05. The lowest BCUT2D eigenvalue weighted by Gasteiger charge is -2.05. The largest absolute Gasteiger partial charge is 0.383 e. The van der Waals surface area contributed by atoms with Gasteiger partial charge >= 0.3 is 0 Å². The molecule has 0 saturated heterocycles. The number of aromatic nitrogens is 2. The zero-order valence-corrected chi connectivity index (χ0v) is 11.9. The number of nitrogens with zero attached hydrogens (tertiary/aromatic N) is 2. The zero-order valence-electron chi connectivity index (χ0n) is 11.2. The number of hydrogen-bond donors (Lipinski definition) is 1. The van der Waals surface area contributed by atoms with E-state index in [1.165, 1.54) is 0 Å². The SMILES string of the molecule is COCCNCc1ccn(-c2cc(C)ccc2Cl)n1. The van der Waals surface area contributed by atoms with Gasteiger partial charge in [0.2, 0.25) is 0 Å². The maximum absolute atomic E-state index is 6.19. The number of aryl methyl sites for hydroxylation is 1. The van der Waals surface area contributed by atoms with Crippen molar-refractivity contribution in [2.45, 2.75) is 13.5 Å². The van der Waals surface area contributed by atoms with Crippen molar-refractivity contribution in [3.8, 4) is 5.69 Å². The Bertz CT molecular complexity index is 539. The van der Waals surface area contributed by atoms with Gasteiger partial charge in [0.05, 0.1) is 23.0 Å². The monoisotopic (exact) mass is 279 g/mol.